The molecule has 0 aromatic carbocycles. The zero-order valence-electron chi connectivity index (χ0n) is 10.3. The molecule has 0 bridgehead atoms. The fourth-order valence-corrected chi connectivity index (χ4v) is 2.23. The monoisotopic (exact) mass is 204 g/mol. The number of allylic oxidation sites excluding steroid dienone is 5. The molecule has 0 unspecified atom stereocenters. The van der Waals surface area contributed by atoms with E-state index in [-0.39, 0.29) is 0 Å². The van der Waals surface area contributed by atoms with Gasteiger partial charge in [0.2, 0.25) is 0 Å². The van der Waals surface area contributed by atoms with Crippen molar-refractivity contribution in [3.63, 3.8) is 0 Å². The molecule has 1 saturated carbocycles. The minimum atomic E-state index is 0.394. The van der Waals surface area contributed by atoms with Gasteiger partial charge in [-0.1, -0.05) is 57.6 Å². The van der Waals surface area contributed by atoms with Gasteiger partial charge in [0.25, 0.3) is 0 Å². The third-order valence-corrected chi connectivity index (χ3v) is 3.48. The van der Waals surface area contributed by atoms with E-state index in [0.29, 0.717) is 5.41 Å². The van der Waals surface area contributed by atoms with Crippen LogP contribution in [0.1, 0.15) is 52.4 Å². The van der Waals surface area contributed by atoms with Crippen molar-refractivity contribution >= 4 is 0 Å². The minimum absolute atomic E-state index is 0.394. The van der Waals surface area contributed by atoms with Crippen LogP contribution in [0.2, 0.25) is 0 Å². The van der Waals surface area contributed by atoms with Crippen molar-refractivity contribution in [2.75, 3.05) is 0 Å². The maximum Gasteiger partial charge on any atom is -0.00812 e. The lowest BCUT2D eigenvalue weighted by atomic mass is 9.81. The molecule has 0 aliphatic heterocycles. The van der Waals surface area contributed by atoms with E-state index in [9.17, 15) is 0 Å². The molecule has 15 heavy (non-hydrogen) atoms. The Morgan fingerprint density at radius 1 is 1.20 bits per heavy atom. The van der Waals surface area contributed by atoms with E-state index in [4.69, 9.17) is 0 Å². The van der Waals surface area contributed by atoms with Crippen molar-refractivity contribution in [3.8, 4) is 0 Å². The summed E-state index contributed by atoms with van der Waals surface area (Å²) in [5, 5.41) is 0. The molecule has 1 fully saturated rings. The van der Waals surface area contributed by atoms with Gasteiger partial charge in [-0.3, -0.25) is 0 Å². The molecule has 0 atom stereocenters. The highest BCUT2D eigenvalue weighted by Gasteiger charge is 2.29. The largest absolute Gasteiger partial charge is 0.0953 e. The van der Waals surface area contributed by atoms with Gasteiger partial charge in [0.1, 0.15) is 0 Å². The second kappa shape index (κ2) is 5.95. The lowest BCUT2D eigenvalue weighted by Gasteiger charge is -2.24. The third-order valence-electron chi connectivity index (χ3n) is 3.48. The molecule has 0 spiro atoms. The van der Waals surface area contributed by atoms with Crippen LogP contribution in [0.15, 0.2) is 36.5 Å². The van der Waals surface area contributed by atoms with Crippen LogP contribution >= 0.6 is 0 Å². The van der Waals surface area contributed by atoms with Crippen molar-refractivity contribution in [2.45, 2.75) is 52.4 Å². The quantitative estimate of drug-likeness (QED) is 0.435. The van der Waals surface area contributed by atoms with Crippen LogP contribution in [0.5, 0.6) is 0 Å². The van der Waals surface area contributed by atoms with Crippen LogP contribution < -0.4 is 0 Å². The highest BCUT2D eigenvalue weighted by atomic mass is 14.3. The van der Waals surface area contributed by atoms with E-state index in [1.165, 1.54) is 31.3 Å². The first-order chi connectivity index (χ1) is 7.19. The van der Waals surface area contributed by atoms with Crippen LogP contribution in [-0.4, -0.2) is 0 Å². The van der Waals surface area contributed by atoms with Crippen molar-refractivity contribution < 1.29 is 0 Å². The molecule has 1 aliphatic carbocycles. The van der Waals surface area contributed by atoms with Gasteiger partial charge in [-0.25, -0.2) is 0 Å². The topological polar surface area (TPSA) is 0 Å². The van der Waals surface area contributed by atoms with E-state index in [1.54, 1.807) is 0 Å². The van der Waals surface area contributed by atoms with Crippen LogP contribution in [0.25, 0.3) is 0 Å². The highest BCUT2D eigenvalue weighted by Crippen LogP contribution is 2.43. The lowest BCUT2D eigenvalue weighted by Crippen LogP contribution is -2.11. The molecular formula is C15H24. The summed E-state index contributed by atoms with van der Waals surface area (Å²) in [6.07, 6.45) is 16.5. The molecule has 1 rings (SSSR count). The van der Waals surface area contributed by atoms with Gasteiger partial charge in [0.05, 0.1) is 0 Å². The smallest absolute Gasteiger partial charge is 0.00812 e. The number of hydrogen-bond acceptors (Lipinski definition) is 0. The van der Waals surface area contributed by atoms with E-state index in [2.05, 4.69) is 44.7 Å². The highest BCUT2D eigenvalue weighted by molar-refractivity contribution is 5.24. The van der Waals surface area contributed by atoms with E-state index in [1.807, 2.05) is 0 Å². The SMILES string of the molecule is C=C(/C=C\CC=CCC)C1(C)CCCC1. The number of hydrogen-bond donors (Lipinski definition) is 0. The van der Waals surface area contributed by atoms with Crippen LogP contribution in [0.3, 0.4) is 0 Å². The first-order valence-corrected chi connectivity index (χ1v) is 6.20. The lowest BCUT2D eigenvalue weighted by molar-refractivity contribution is 0.425. The molecule has 0 amide bonds. The van der Waals surface area contributed by atoms with Crippen LogP contribution in [0.4, 0.5) is 0 Å². The molecule has 0 aromatic rings. The van der Waals surface area contributed by atoms with Gasteiger partial charge in [-0.2, -0.15) is 0 Å². The average Bonchev–Trinajstić information content (AvgIpc) is 2.66. The first kappa shape index (κ1) is 12.3. The Morgan fingerprint density at radius 2 is 1.87 bits per heavy atom. The summed E-state index contributed by atoms with van der Waals surface area (Å²) in [7, 11) is 0. The predicted molar refractivity (Wildman–Crippen MR) is 68.9 cm³/mol. The normalized spacial score (nSPS) is 20.4. The molecule has 0 aromatic heterocycles. The van der Waals surface area contributed by atoms with Gasteiger partial charge < -0.3 is 0 Å². The molecule has 0 heterocycles. The maximum atomic E-state index is 4.22. The molecule has 1 aliphatic rings. The Balaban J connectivity index is 2.37. The zero-order chi connectivity index (χ0) is 11.1. The maximum absolute atomic E-state index is 4.22. The van der Waals surface area contributed by atoms with E-state index >= 15 is 0 Å². The summed E-state index contributed by atoms with van der Waals surface area (Å²) >= 11 is 0. The number of rotatable bonds is 5. The standard InChI is InChI=1S/C15H24/c1-4-5-6-7-8-11-14(2)15(3)12-9-10-13-15/h5-6,8,11H,2,4,7,9-10,12-13H2,1,3H3/b6-5?,11-8-. The zero-order valence-corrected chi connectivity index (χ0v) is 10.3. The summed E-state index contributed by atoms with van der Waals surface area (Å²) < 4.78 is 0. The molecule has 0 nitrogen and oxygen atoms in total. The Labute approximate surface area is 94.8 Å². The predicted octanol–water partition coefficient (Wildman–Crippen LogP) is 5.04. The van der Waals surface area contributed by atoms with Crippen molar-refractivity contribution in [1.29, 1.82) is 0 Å². The van der Waals surface area contributed by atoms with Gasteiger partial charge >= 0.3 is 0 Å². The van der Waals surface area contributed by atoms with Gasteiger partial charge in [-0.05, 0) is 36.7 Å². The van der Waals surface area contributed by atoms with E-state index < -0.39 is 0 Å². The summed E-state index contributed by atoms with van der Waals surface area (Å²) in [5.41, 5.74) is 1.72. The molecule has 0 saturated heterocycles. The van der Waals surface area contributed by atoms with Gasteiger partial charge in [0.15, 0.2) is 0 Å². The summed E-state index contributed by atoms with van der Waals surface area (Å²) in [6.45, 7) is 8.74. The van der Waals surface area contributed by atoms with Gasteiger partial charge in [-0.15, -0.1) is 0 Å². The summed E-state index contributed by atoms with van der Waals surface area (Å²) in [5.74, 6) is 0. The first-order valence-electron chi connectivity index (χ1n) is 6.20. The van der Waals surface area contributed by atoms with Crippen LogP contribution in [0, 0.1) is 5.41 Å². The molecule has 0 heteroatoms. The Bertz CT molecular complexity index is 249. The van der Waals surface area contributed by atoms with E-state index in [0.717, 1.165) is 12.8 Å². The molecular weight excluding hydrogens is 180 g/mol. The van der Waals surface area contributed by atoms with Crippen molar-refractivity contribution in [3.05, 3.63) is 36.5 Å². The van der Waals surface area contributed by atoms with Crippen molar-refractivity contribution in [1.82, 2.24) is 0 Å². The fourth-order valence-electron chi connectivity index (χ4n) is 2.23. The summed E-state index contributed by atoms with van der Waals surface area (Å²) in [6, 6.07) is 0. The fraction of sp³-hybridized carbons (Fsp3) is 0.600. The Morgan fingerprint density at radius 3 is 2.47 bits per heavy atom. The van der Waals surface area contributed by atoms with Crippen LogP contribution in [-0.2, 0) is 0 Å². The average molecular weight is 204 g/mol. The summed E-state index contributed by atoms with van der Waals surface area (Å²) in [4.78, 5) is 0. The van der Waals surface area contributed by atoms with Crippen molar-refractivity contribution in [2.24, 2.45) is 5.41 Å². The second-order valence-electron chi connectivity index (χ2n) is 4.81. The third kappa shape index (κ3) is 3.70. The minimum Gasteiger partial charge on any atom is -0.0953 e. The molecule has 84 valence electrons. The molecule has 0 N–H and O–H groups in total. The Hall–Kier alpha value is -0.780. The molecule has 0 radical (unpaired) electrons. The van der Waals surface area contributed by atoms with Gasteiger partial charge in [0, 0.05) is 0 Å². The second-order valence-corrected chi connectivity index (χ2v) is 4.81. The Kier molecular flexibility index (Phi) is 4.87.